The summed E-state index contributed by atoms with van der Waals surface area (Å²) in [5.74, 6) is 0. The van der Waals surface area contributed by atoms with E-state index in [0.717, 1.165) is 18.4 Å². The molecule has 2 heteroatoms. The van der Waals surface area contributed by atoms with E-state index in [1.165, 1.54) is 25.3 Å². The highest BCUT2D eigenvalue weighted by atomic mass is 19.3. The van der Waals surface area contributed by atoms with Crippen LogP contribution in [0.5, 0.6) is 0 Å². The first-order chi connectivity index (χ1) is 7.24. The van der Waals surface area contributed by atoms with Crippen LogP contribution in [0.15, 0.2) is 24.3 Å². The van der Waals surface area contributed by atoms with Crippen LogP contribution in [0.25, 0.3) is 0 Å². The van der Waals surface area contributed by atoms with Crippen LogP contribution in [0.2, 0.25) is 0 Å². The van der Waals surface area contributed by atoms with E-state index in [1.54, 1.807) is 12.1 Å². The molecule has 0 nitrogen and oxygen atoms in total. The topological polar surface area (TPSA) is 0 Å². The van der Waals surface area contributed by atoms with Crippen LogP contribution in [0.3, 0.4) is 0 Å². The van der Waals surface area contributed by atoms with E-state index in [-0.39, 0.29) is 5.56 Å². The number of unbranched alkanes of at least 4 members (excludes halogenated alkanes) is 3. The molecule has 1 rings (SSSR count). The van der Waals surface area contributed by atoms with Crippen molar-refractivity contribution >= 4 is 0 Å². The number of halogens is 2. The van der Waals surface area contributed by atoms with Crippen LogP contribution in [0.1, 0.15) is 50.2 Å². The standard InChI is InChI=1S/C13H18F2/c1-2-3-4-5-7-11-8-6-9-12(10-11)13(14)15/h6,8-10,13H,2-5,7H2,1H3. The lowest BCUT2D eigenvalue weighted by Crippen LogP contribution is -1.89. The molecule has 0 saturated heterocycles. The molecule has 0 aliphatic carbocycles. The van der Waals surface area contributed by atoms with Gasteiger partial charge in [-0.25, -0.2) is 8.78 Å². The van der Waals surface area contributed by atoms with Crippen molar-refractivity contribution in [1.82, 2.24) is 0 Å². The van der Waals surface area contributed by atoms with Gasteiger partial charge in [-0.1, -0.05) is 50.5 Å². The Morgan fingerprint density at radius 1 is 1.13 bits per heavy atom. The molecule has 0 fully saturated rings. The SMILES string of the molecule is CCCCCCc1cccc(C(F)F)c1. The normalized spacial score (nSPS) is 10.9. The van der Waals surface area contributed by atoms with E-state index in [4.69, 9.17) is 0 Å². The van der Waals surface area contributed by atoms with Gasteiger partial charge in [0.2, 0.25) is 0 Å². The molecule has 1 aromatic rings. The van der Waals surface area contributed by atoms with Crippen LogP contribution >= 0.6 is 0 Å². The van der Waals surface area contributed by atoms with Crippen molar-refractivity contribution in [3.05, 3.63) is 35.4 Å². The number of alkyl halides is 2. The van der Waals surface area contributed by atoms with Gasteiger partial charge >= 0.3 is 0 Å². The predicted octanol–water partition coefficient (Wildman–Crippen LogP) is 4.75. The lowest BCUT2D eigenvalue weighted by Gasteiger charge is -2.04. The highest BCUT2D eigenvalue weighted by Gasteiger charge is 2.06. The van der Waals surface area contributed by atoms with Crippen molar-refractivity contribution in [1.29, 1.82) is 0 Å². The second kappa shape index (κ2) is 6.54. The van der Waals surface area contributed by atoms with E-state index in [2.05, 4.69) is 6.92 Å². The molecular formula is C13H18F2. The predicted molar refractivity (Wildman–Crippen MR) is 59.2 cm³/mol. The van der Waals surface area contributed by atoms with Gasteiger partial charge in [-0.15, -0.1) is 0 Å². The molecule has 1 aromatic carbocycles. The average molecular weight is 212 g/mol. The molecule has 0 unspecified atom stereocenters. The highest BCUT2D eigenvalue weighted by molar-refractivity contribution is 5.24. The van der Waals surface area contributed by atoms with Gasteiger partial charge in [0, 0.05) is 5.56 Å². The minimum atomic E-state index is -2.35. The Hall–Kier alpha value is -0.920. The lowest BCUT2D eigenvalue weighted by molar-refractivity contribution is 0.151. The summed E-state index contributed by atoms with van der Waals surface area (Å²) in [6.07, 6.45) is 3.29. The largest absolute Gasteiger partial charge is 0.263 e. The molecule has 0 aromatic heterocycles. The Morgan fingerprint density at radius 2 is 1.93 bits per heavy atom. The average Bonchev–Trinajstić information content (AvgIpc) is 2.25. The Labute approximate surface area is 90.3 Å². The molecule has 0 radical (unpaired) electrons. The summed E-state index contributed by atoms with van der Waals surface area (Å²) in [5, 5.41) is 0. The van der Waals surface area contributed by atoms with Gasteiger partial charge in [-0.2, -0.15) is 0 Å². The smallest absolute Gasteiger partial charge is 0.205 e. The molecule has 0 saturated carbocycles. The Bertz CT molecular complexity index is 282. The second-order valence-corrected chi connectivity index (χ2v) is 3.86. The van der Waals surface area contributed by atoms with Gasteiger partial charge in [0.15, 0.2) is 0 Å². The fourth-order valence-corrected chi connectivity index (χ4v) is 1.64. The molecule has 0 bridgehead atoms. The minimum absolute atomic E-state index is 0.142. The third kappa shape index (κ3) is 4.41. The molecule has 0 aliphatic heterocycles. The van der Waals surface area contributed by atoms with Gasteiger partial charge in [0.25, 0.3) is 6.43 Å². The maximum Gasteiger partial charge on any atom is 0.263 e. The fourth-order valence-electron chi connectivity index (χ4n) is 1.64. The third-order valence-corrected chi connectivity index (χ3v) is 2.52. The monoisotopic (exact) mass is 212 g/mol. The van der Waals surface area contributed by atoms with Crippen molar-refractivity contribution in [2.24, 2.45) is 0 Å². The first-order valence-corrected chi connectivity index (χ1v) is 5.61. The van der Waals surface area contributed by atoms with E-state index in [0.29, 0.717) is 0 Å². The van der Waals surface area contributed by atoms with Crippen molar-refractivity contribution in [3.63, 3.8) is 0 Å². The molecule has 84 valence electrons. The second-order valence-electron chi connectivity index (χ2n) is 3.86. The zero-order chi connectivity index (χ0) is 11.1. The Kier molecular flexibility index (Phi) is 5.30. The van der Waals surface area contributed by atoms with Gasteiger partial charge in [-0.3, -0.25) is 0 Å². The number of hydrogen-bond acceptors (Lipinski definition) is 0. The summed E-state index contributed by atoms with van der Waals surface area (Å²) in [5.41, 5.74) is 1.17. The van der Waals surface area contributed by atoms with Crippen LogP contribution in [0, 0.1) is 0 Å². The molecule has 0 N–H and O–H groups in total. The first kappa shape index (κ1) is 12.2. The quantitative estimate of drug-likeness (QED) is 0.597. The Morgan fingerprint density at radius 3 is 2.60 bits per heavy atom. The summed E-state index contributed by atoms with van der Waals surface area (Å²) in [6, 6.07) is 6.76. The number of hydrogen-bond donors (Lipinski definition) is 0. The molecule has 0 atom stereocenters. The highest BCUT2D eigenvalue weighted by Crippen LogP contribution is 2.20. The van der Waals surface area contributed by atoms with Crippen molar-refractivity contribution in [2.75, 3.05) is 0 Å². The van der Waals surface area contributed by atoms with Crippen LogP contribution in [-0.4, -0.2) is 0 Å². The van der Waals surface area contributed by atoms with Gasteiger partial charge in [0.05, 0.1) is 0 Å². The number of aryl methyl sites for hydroxylation is 1. The molecular weight excluding hydrogens is 194 g/mol. The molecule has 0 spiro atoms. The van der Waals surface area contributed by atoms with E-state index < -0.39 is 6.43 Å². The van der Waals surface area contributed by atoms with Crippen molar-refractivity contribution in [3.8, 4) is 0 Å². The van der Waals surface area contributed by atoms with Gasteiger partial charge in [-0.05, 0) is 18.4 Å². The summed E-state index contributed by atoms with van der Waals surface area (Å²) in [4.78, 5) is 0. The zero-order valence-corrected chi connectivity index (χ0v) is 9.18. The minimum Gasteiger partial charge on any atom is -0.205 e. The third-order valence-electron chi connectivity index (χ3n) is 2.52. The molecule has 0 amide bonds. The number of benzene rings is 1. The van der Waals surface area contributed by atoms with E-state index in [9.17, 15) is 8.78 Å². The molecule has 0 heterocycles. The maximum atomic E-state index is 12.4. The Balaban J connectivity index is 2.43. The van der Waals surface area contributed by atoms with Crippen LogP contribution in [-0.2, 0) is 6.42 Å². The summed E-state index contributed by atoms with van der Waals surface area (Å²) >= 11 is 0. The maximum absolute atomic E-state index is 12.4. The summed E-state index contributed by atoms with van der Waals surface area (Å²) in [6.45, 7) is 2.16. The summed E-state index contributed by atoms with van der Waals surface area (Å²) in [7, 11) is 0. The van der Waals surface area contributed by atoms with Crippen LogP contribution < -0.4 is 0 Å². The fraction of sp³-hybridized carbons (Fsp3) is 0.538. The van der Waals surface area contributed by atoms with Gasteiger partial charge < -0.3 is 0 Å². The summed E-state index contributed by atoms with van der Waals surface area (Å²) < 4.78 is 24.8. The van der Waals surface area contributed by atoms with E-state index in [1.807, 2.05) is 6.07 Å². The van der Waals surface area contributed by atoms with Crippen LogP contribution in [0.4, 0.5) is 8.78 Å². The van der Waals surface area contributed by atoms with E-state index >= 15 is 0 Å². The zero-order valence-electron chi connectivity index (χ0n) is 9.18. The van der Waals surface area contributed by atoms with Gasteiger partial charge in [0.1, 0.15) is 0 Å². The molecule has 0 aliphatic rings. The van der Waals surface area contributed by atoms with Crippen molar-refractivity contribution in [2.45, 2.75) is 45.5 Å². The first-order valence-electron chi connectivity index (χ1n) is 5.61. The van der Waals surface area contributed by atoms with Crippen molar-refractivity contribution < 1.29 is 8.78 Å². The molecule has 15 heavy (non-hydrogen) atoms. The number of rotatable bonds is 6. The lowest BCUT2D eigenvalue weighted by atomic mass is 10.0.